The lowest BCUT2D eigenvalue weighted by Gasteiger charge is -2.19. The number of rotatable bonds is 7. The minimum absolute atomic E-state index is 0.0587. The van der Waals surface area contributed by atoms with Crippen molar-refractivity contribution in [2.45, 2.75) is 52.7 Å². The highest BCUT2D eigenvalue weighted by Crippen LogP contribution is 2.25. The van der Waals surface area contributed by atoms with E-state index in [1.165, 1.54) is 0 Å². The summed E-state index contributed by atoms with van der Waals surface area (Å²) in [6.45, 7) is 8.41. The SMILES string of the molecule is CCCNC(=O)C(C)Oc1c(C)cccc1CC(C)N. The van der Waals surface area contributed by atoms with E-state index in [9.17, 15) is 4.79 Å². The molecule has 0 fully saturated rings. The predicted molar refractivity (Wildman–Crippen MR) is 81.9 cm³/mol. The van der Waals surface area contributed by atoms with Crippen LogP contribution in [0.3, 0.4) is 0 Å². The Labute approximate surface area is 121 Å². The number of benzene rings is 1. The second-order valence-electron chi connectivity index (χ2n) is 5.30. The van der Waals surface area contributed by atoms with Crippen molar-refractivity contribution in [2.75, 3.05) is 6.54 Å². The number of carbonyl (C=O) groups is 1. The fourth-order valence-electron chi connectivity index (χ4n) is 2.01. The van der Waals surface area contributed by atoms with Crippen LogP contribution in [0.1, 0.15) is 38.3 Å². The van der Waals surface area contributed by atoms with Crippen molar-refractivity contribution in [1.82, 2.24) is 5.32 Å². The molecule has 112 valence electrons. The highest BCUT2D eigenvalue weighted by atomic mass is 16.5. The van der Waals surface area contributed by atoms with Crippen molar-refractivity contribution in [3.05, 3.63) is 29.3 Å². The minimum Gasteiger partial charge on any atom is -0.480 e. The number of hydrogen-bond donors (Lipinski definition) is 2. The minimum atomic E-state index is -0.505. The molecule has 0 aliphatic heterocycles. The Morgan fingerprint density at radius 1 is 1.40 bits per heavy atom. The van der Waals surface area contributed by atoms with Gasteiger partial charge in [-0.2, -0.15) is 0 Å². The molecule has 1 aromatic rings. The molecule has 4 nitrogen and oxygen atoms in total. The van der Waals surface area contributed by atoms with Gasteiger partial charge in [0.05, 0.1) is 0 Å². The van der Waals surface area contributed by atoms with E-state index in [1.807, 2.05) is 39.0 Å². The van der Waals surface area contributed by atoms with Gasteiger partial charge >= 0.3 is 0 Å². The molecule has 4 heteroatoms. The van der Waals surface area contributed by atoms with Crippen LogP contribution >= 0.6 is 0 Å². The van der Waals surface area contributed by atoms with Crippen molar-refractivity contribution in [3.63, 3.8) is 0 Å². The van der Waals surface area contributed by atoms with Crippen LogP contribution in [0.2, 0.25) is 0 Å². The topological polar surface area (TPSA) is 64.3 Å². The molecule has 1 amide bonds. The smallest absolute Gasteiger partial charge is 0.260 e. The van der Waals surface area contributed by atoms with Gasteiger partial charge in [-0.15, -0.1) is 0 Å². The fourth-order valence-corrected chi connectivity index (χ4v) is 2.01. The summed E-state index contributed by atoms with van der Waals surface area (Å²) in [5.41, 5.74) is 7.94. The van der Waals surface area contributed by atoms with Gasteiger partial charge in [0.15, 0.2) is 6.10 Å². The molecule has 0 aliphatic rings. The number of hydrogen-bond acceptors (Lipinski definition) is 3. The molecule has 0 spiro atoms. The second kappa shape index (κ2) is 7.90. The molecule has 0 aromatic heterocycles. The van der Waals surface area contributed by atoms with Gasteiger partial charge in [-0.25, -0.2) is 0 Å². The third-order valence-corrected chi connectivity index (χ3v) is 3.05. The standard InChI is InChI=1S/C16H26N2O2/c1-5-9-18-16(19)13(4)20-15-11(2)7-6-8-14(15)10-12(3)17/h6-8,12-13H,5,9-10,17H2,1-4H3,(H,18,19). The molecule has 0 saturated carbocycles. The summed E-state index contributed by atoms with van der Waals surface area (Å²) in [6, 6.07) is 6.03. The van der Waals surface area contributed by atoms with E-state index in [2.05, 4.69) is 5.32 Å². The average Bonchev–Trinajstić information content (AvgIpc) is 2.39. The number of aryl methyl sites for hydroxylation is 1. The molecule has 0 radical (unpaired) electrons. The Balaban J connectivity index is 2.82. The van der Waals surface area contributed by atoms with E-state index in [0.29, 0.717) is 6.54 Å². The van der Waals surface area contributed by atoms with Gasteiger partial charge in [-0.3, -0.25) is 4.79 Å². The molecule has 3 N–H and O–H groups in total. The first-order valence-electron chi connectivity index (χ1n) is 7.24. The van der Waals surface area contributed by atoms with Crippen molar-refractivity contribution in [1.29, 1.82) is 0 Å². The first-order valence-corrected chi connectivity index (χ1v) is 7.24. The van der Waals surface area contributed by atoms with Gasteiger partial charge in [0.2, 0.25) is 0 Å². The van der Waals surface area contributed by atoms with Gasteiger partial charge in [-0.1, -0.05) is 25.1 Å². The van der Waals surface area contributed by atoms with E-state index in [1.54, 1.807) is 6.92 Å². The Morgan fingerprint density at radius 3 is 2.70 bits per heavy atom. The quantitative estimate of drug-likeness (QED) is 0.803. The summed E-state index contributed by atoms with van der Waals surface area (Å²) in [6.07, 6.45) is 1.15. The van der Waals surface area contributed by atoms with Crippen molar-refractivity contribution in [3.8, 4) is 5.75 Å². The molecule has 1 rings (SSSR count). The lowest BCUT2D eigenvalue weighted by molar-refractivity contribution is -0.127. The maximum atomic E-state index is 11.9. The van der Waals surface area contributed by atoms with Gasteiger partial charge in [0, 0.05) is 12.6 Å². The first kappa shape index (κ1) is 16.5. The molecule has 1 aromatic carbocycles. The average molecular weight is 278 g/mol. The molecular formula is C16H26N2O2. The largest absolute Gasteiger partial charge is 0.480 e. The maximum Gasteiger partial charge on any atom is 0.260 e. The number of amides is 1. The molecule has 0 heterocycles. The molecule has 20 heavy (non-hydrogen) atoms. The number of para-hydroxylation sites is 1. The Morgan fingerprint density at radius 2 is 2.10 bits per heavy atom. The monoisotopic (exact) mass is 278 g/mol. The predicted octanol–water partition coefficient (Wildman–Crippen LogP) is 2.18. The van der Waals surface area contributed by atoms with Crippen LogP contribution in [0.4, 0.5) is 0 Å². The maximum absolute atomic E-state index is 11.9. The number of ether oxygens (including phenoxy) is 1. The lowest BCUT2D eigenvalue weighted by Crippen LogP contribution is -2.37. The number of nitrogens with one attached hydrogen (secondary N) is 1. The van der Waals surface area contributed by atoms with E-state index in [-0.39, 0.29) is 11.9 Å². The van der Waals surface area contributed by atoms with Crippen LogP contribution in [-0.2, 0) is 11.2 Å². The second-order valence-corrected chi connectivity index (χ2v) is 5.30. The molecule has 0 bridgehead atoms. The molecule has 0 aliphatic carbocycles. The van der Waals surface area contributed by atoms with Crippen LogP contribution in [0.15, 0.2) is 18.2 Å². The van der Waals surface area contributed by atoms with Crippen molar-refractivity contribution >= 4 is 5.91 Å². The molecule has 0 saturated heterocycles. The molecular weight excluding hydrogens is 252 g/mol. The zero-order chi connectivity index (χ0) is 15.1. The summed E-state index contributed by atoms with van der Waals surface area (Å²) in [7, 11) is 0. The fraction of sp³-hybridized carbons (Fsp3) is 0.562. The normalized spacial score (nSPS) is 13.7. The third kappa shape index (κ3) is 4.85. The zero-order valence-corrected chi connectivity index (χ0v) is 12.9. The number of nitrogens with two attached hydrogens (primary N) is 1. The Hall–Kier alpha value is -1.55. The van der Waals surface area contributed by atoms with E-state index >= 15 is 0 Å². The third-order valence-electron chi connectivity index (χ3n) is 3.05. The van der Waals surface area contributed by atoms with Crippen LogP contribution in [0, 0.1) is 6.92 Å². The van der Waals surface area contributed by atoms with Gasteiger partial charge in [-0.05, 0) is 44.7 Å². The summed E-state index contributed by atoms with van der Waals surface area (Å²) >= 11 is 0. The lowest BCUT2D eigenvalue weighted by atomic mass is 10.0. The van der Waals surface area contributed by atoms with Crippen LogP contribution in [-0.4, -0.2) is 24.6 Å². The van der Waals surface area contributed by atoms with Gasteiger partial charge in [0.1, 0.15) is 5.75 Å². The summed E-state index contributed by atoms with van der Waals surface area (Å²) in [4.78, 5) is 11.9. The van der Waals surface area contributed by atoms with Crippen LogP contribution in [0.5, 0.6) is 5.75 Å². The highest BCUT2D eigenvalue weighted by Gasteiger charge is 2.17. The molecule has 2 atom stereocenters. The van der Waals surface area contributed by atoms with Crippen molar-refractivity contribution in [2.24, 2.45) is 5.73 Å². The van der Waals surface area contributed by atoms with E-state index < -0.39 is 6.10 Å². The summed E-state index contributed by atoms with van der Waals surface area (Å²) in [5.74, 6) is 0.700. The number of carbonyl (C=O) groups excluding carboxylic acids is 1. The van der Waals surface area contributed by atoms with E-state index in [4.69, 9.17) is 10.5 Å². The first-order chi connectivity index (χ1) is 9.45. The molecule has 2 unspecified atom stereocenters. The van der Waals surface area contributed by atoms with Crippen LogP contribution in [0.25, 0.3) is 0 Å². The summed E-state index contributed by atoms with van der Waals surface area (Å²) in [5, 5.41) is 2.84. The van der Waals surface area contributed by atoms with Gasteiger partial charge in [0.25, 0.3) is 5.91 Å². The van der Waals surface area contributed by atoms with E-state index in [0.717, 1.165) is 29.7 Å². The van der Waals surface area contributed by atoms with Gasteiger partial charge < -0.3 is 15.8 Å². The van der Waals surface area contributed by atoms with Crippen molar-refractivity contribution < 1.29 is 9.53 Å². The highest BCUT2D eigenvalue weighted by molar-refractivity contribution is 5.80. The Kier molecular flexibility index (Phi) is 6.52. The zero-order valence-electron chi connectivity index (χ0n) is 12.9. The van der Waals surface area contributed by atoms with Crippen LogP contribution < -0.4 is 15.8 Å². The summed E-state index contributed by atoms with van der Waals surface area (Å²) < 4.78 is 5.87. The Bertz CT molecular complexity index is 444.